The zero-order valence-electron chi connectivity index (χ0n) is 10.8. The highest BCUT2D eigenvalue weighted by molar-refractivity contribution is 7.15. The number of hydrogen-bond donors (Lipinski definition) is 0. The lowest BCUT2D eigenvalue weighted by Crippen LogP contribution is -2.25. The Labute approximate surface area is 111 Å². The van der Waals surface area contributed by atoms with Crippen LogP contribution in [0.5, 0.6) is 0 Å². The average molecular weight is 270 g/mol. The minimum absolute atomic E-state index is 0.330. The zero-order valence-corrected chi connectivity index (χ0v) is 11.6. The van der Waals surface area contributed by atoms with Gasteiger partial charge in [0, 0.05) is 24.6 Å². The maximum atomic E-state index is 11.7. The molecule has 0 atom stereocenters. The van der Waals surface area contributed by atoms with E-state index in [0.717, 1.165) is 36.1 Å². The molecule has 18 heavy (non-hydrogen) atoms. The fraction of sp³-hybridized carbons (Fsp3) is 0.667. The van der Waals surface area contributed by atoms with Crippen molar-refractivity contribution in [2.24, 2.45) is 0 Å². The molecule has 1 saturated heterocycles. The van der Waals surface area contributed by atoms with Gasteiger partial charge in [-0.25, -0.2) is 9.78 Å². The molecule has 1 fully saturated rings. The summed E-state index contributed by atoms with van der Waals surface area (Å²) in [7, 11) is 0. The molecule has 0 radical (unpaired) electrons. The third kappa shape index (κ3) is 3.00. The van der Waals surface area contributed by atoms with Crippen molar-refractivity contribution in [3.8, 4) is 0 Å². The summed E-state index contributed by atoms with van der Waals surface area (Å²) in [6, 6.07) is 0. The Bertz CT molecular complexity index is 411. The van der Waals surface area contributed by atoms with Crippen LogP contribution in [0, 0.1) is 6.92 Å². The number of esters is 1. The van der Waals surface area contributed by atoms with Crippen LogP contribution in [0.15, 0.2) is 0 Å². The number of thiazole rings is 1. The number of anilines is 1. The lowest BCUT2D eigenvalue weighted by Gasteiger charge is -2.17. The second-order valence-corrected chi connectivity index (χ2v) is 5.26. The van der Waals surface area contributed by atoms with Crippen LogP contribution < -0.4 is 4.90 Å². The van der Waals surface area contributed by atoms with Crippen molar-refractivity contribution in [2.45, 2.75) is 20.3 Å². The Morgan fingerprint density at radius 1 is 1.50 bits per heavy atom. The third-order valence-electron chi connectivity index (χ3n) is 2.75. The van der Waals surface area contributed by atoms with Crippen molar-refractivity contribution in [3.63, 3.8) is 0 Å². The summed E-state index contributed by atoms with van der Waals surface area (Å²) in [6.45, 7) is 7.35. The topological polar surface area (TPSA) is 51.7 Å². The molecule has 1 aromatic rings. The van der Waals surface area contributed by atoms with E-state index < -0.39 is 0 Å². The quantitative estimate of drug-likeness (QED) is 0.785. The Balaban J connectivity index is 2.14. The Kier molecular flexibility index (Phi) is 4.54. The van der Waals surface area contributed by atoms with Crippen LogP contribution in [-0.4, -0.2) is 43.9 Å². The molecule has 6 heteroatoms. The van der Waals surface area contributed by atoms with Gasteiger partial charge in [-0.15, -0.1) is 11.3 Å². The van der Waals surface area contributed by atoms with Gasteiger partial charge in [-0.1, -0.05) is 0 Å². The fourth-order valence-electron chi connectivity index (χ4n) is 1.84. The van der Waals surface area contributed by atoms with Gasteiger partial charge in [-0.05, 0) is 20.3 Å². The summed E-state index contributed by atoms with van der Waals surface area (Å²) >= 11 is 1.54. The molecule has 0 N–H and O–H groups in total. The number of nitrogens with zero attached hydrogens (tertiary/aromatic N) is 2. The van der Waals surface area contributed by atoms with Crippen LogP contribution in [0.4, 0.5) is 5.13 Å². The van der Waals surface area contributed by atoms with Crippen molar-refractivity contribution >= 4 is 22.4 Å². The van der Waals surface area contributed by atoms with Crippen LogP contribution in [0.2, 0.25) is 0 Å². The van der Waals surface area contributed by atoms with E-state index in [9.17, 15) is 4.79 Å². The Morgan fingerprint density at radius 3 is 3.11 bits per heavy atom. The molecule has 5 nitrogen and oxygen atoms in total. The Morgan fingerprint density at radius 2 is 2.33 bits per heavy atom. The minimum atomic E-state index is -0.330. The SMILES string of the molecule is CCOC(=O)c1nc(N2CCCOCC2)sc1C. The molecule has 0 bridgehead atoms. The van der Waals surface area contributed by atoms with E-state index >= 15 is 0 Å². The van der Waals surface area contributed by atoms with Crippen molar-refractivity contribution in [1.82, 2.24) is 4.98 Å². The van der Waals surface area contributed by atoms with E-state index in [2.05, 4.69) is 9.88 Å². The highest BCUT2D eigenvalue weighted by atomic mass is 32.1. The monoisotopic (exact) mass is 270 g/mol. The van der Waals surface area contributed by atoms with Crippen LogP contribution in [0.1, 0.15) is 28.7 Å². The molecule has 0 spiro atoms. The number of aryl methyl sites for hydroxylation is 1. The highest BCUT2D eigenvalue weighted by Gasteiger charge is 2.20. The molecule has 0 unspecified atom stereocenters. The smallest absolute Gasteiger partial charge is 0.358 e. The van der Waals surface area contributed by atoms with E-state index in [1.54, 1.807) is 18.3 Å². The first-order chi connectivity index (χ1) is 8.72. The molecule has 1 aromatic heterocycles. The number of hydrogen-bond acceptors (Lipinski definition) is 6. The summed E-state index contributed by atoms with van der Waals surface area (Å²) in [5, 5.41) is 0.890. The van der Waals surface area contributed by atoms with E-state index in [4.69, 9.17) is 9.47 Å². The van der Waals surface area contributed by atoms with Gasteiger partial charge < -0.3 is 14.4 Å². The molecule has 0 saturated carbocycles. The summed E-state index contributed by atoms with van der Waals surface area (Å²) in [5.41, 5.74) is 0.446. The largest absolute Gasteiger partial charge is 0.461 e. The number of carbonyl (C=O) groups is 1. The molecule has 1 aliphatic heterocycles. The van der Waals surface area contributed by atoms with Gasteiger partial charge in [0.25, 0.3) is 0 Å². The Hall–Kier alpha value is -1.14. The van der Waals surface area contributed by atoms with E-state index in [-0.39, 0.29) is 5.97 Å². The van der Waals surface area contributed by atoms with Crippen LogP contribution in [-0.2, 0) is 9.47 Å². The van der Waals surface area contributed by atoms with E-state index in [0.29, 0.717) is 18.9 Å². The van der Waals surface area contributed by atoms with Gasteiger partial charge in [0.2, 0.25) is 0 Å². The number of rotatable bonds is 3. The van der Waals surface area contributed by atoms with Crippen LogP contribution in [0.3, 0.4) is 0 Å². The van der Waals surface area contributed by atoms with Crippen molar-refractivity contribution in [2.75, 3.05) is 37.8 Å². The second-order valence-electron chi connectivity index (χ2n) is 4.07. The molecule has 0 aromatic carbocycles. The average Bonchev–Trinajstić information content (AvgIpc) is 2.58. The number of carbonyl (C=O) groups excluding carboxylic acids is 1. The fourth-order valence-corrected chi connectivity index (χ4v) is 2.79. The molecule has 0 aliphatic carbocycles. The van der Waals surface area contributed by atoms with Gasteiger partial charge in [0.15, 0.2) is 10.8 Å². The summed E-state index contributed by atoms with van der Waals surface area (Å²) in [6.07, 6.45) is 0.993. The van der Waals surface area contributed by atoms with Crippen molar-refractivity contribution in [1.29, 1.82) is 0 Å². The molecule has 0 amide bonds. The summed E-state index contributed by atoms with van der Waals surface area (Å²) in [5.74, 6) is -0.330. The van der Waals surface area contributed by atoms with E-state index in [1.807, 2.05) is 6.92 Å². The zero-order chi connectivity index (χ0) is 13.0. The highest BCUT2D eigenvalue weighted by Crippen LogP contribution is 2.26. The maximum Gasteiger partial charge on any atom is 0.358 e. The van der Waals surface area contributed by atoms with Gasteiger partial charge in [-0.2, -0.15) is 0 Å². The molecule has 2 rings (SSSR count). The lowest BCUT2D eigenvalue weighted by molar-refractivity contribution is 0.0519. The lowest BCUT2D eigenvalue weighted by atomic mass is 10.4. The van der Waals surface area contributed by atoms with E-state index in [1.165, 1.54) is 0 Å². The van der Waals surface area contributed by atoms with Crippen LogP contribution in [0.25, 0.3) is 0 Å². The third-order valence-corrected chi connectivity index (χ3v) is 3.78. The van der Waals surface area contributed by atoms with Gasteiger partial charge in [0.05, 0.1) is 13.2 Å². The van der Waals surface area contributed by atoms with Crippen molar-refractivity contribution < 1.29 is 14.3 Å². The minimum Gasteiger partial charge on any atom is -0.461 e. The summed E-state index contributed by atoms with van der Waals surface area (Å²) < 4.78 is 10.4. The van der Waals surface area contributed by atoms with Crippen LogP contribution >= 0.6 is 11.3 Å². The predicted octanol–water partition coefficient (Wildman–Crippen LogP) is 1.85. The normalized spacial score (nSPS) is 16.4. The van der Waals surface area contributed by atoms with Gasteiger partial charge >= 0.3 is 5.97 Å². The van der Waals surface area contributed by atoms with Gasteiger partial charge in [0.1, 0.15) is 0 Å². The first-order valence-electron chi connectivity index (χ1n) is 6.19. The second kappa shape index (κ2) is 6.15. The molecular formula is C12H18N2O3S. The standard InChI is InChI=1S/C12H18N2O3S/c1-3-17-11(15)10-9(2)18-12(13-10)14-5-4-7-16-8-6-14/h3-8H2,1-2H3. The molecule has 2 heterocycles. The van der Waals surface area contributed by atoms with Gasteiger partial charge in [-0.3, -0.25) is 0 Å². The molecule has 1 aliphatic rings. The first kappa shape index (κ1) is 13.3. The number of aromatic nitrogens is 1. The molecular weight excluding hydrogens is 252 g/mol. The molecule has 100 valence electrons. The summed E-state index contributed by atoms with van der Waals surface area (Å²) in [4.78, 5) is 19.2. The maximum absolute atomic E-state index is 11.7. The first-order valence-corrected chi connectivity index (χ1v) is 7.01. The van der Waals surface area contributed by atoms with Crippen molar-refractivity contribution in [3.05, 3.63) is 10.6 Å². The number of ether oxygens (including phenoxy) is 2. The predicted molar refractivity (Wildman–Crippen MR) is 70.5 cm³/mol.